The average Bonchev–Trinajstić information content (AvgIpc) is 3.28. The van der Waals surface area contributed by atoms with E-state index in [1.54, 1.807) is 6.07 Å². The summed E-state index contributed by atoms with van der Waals surface area (Å²) in [5.74, 6) is 1.15. The molecule has 1 aromatic heterocycles. The van der Waals surface area contributed by atoms with Crippen LogP contribution in [0.3, 0.4) is 0 Å². The smallest absolute Gasteiger partial charge is 0.193 e. The summed E-state index contributed by atoms with van der Waals surface area (Å²) in [5, 5.41) is 1.12. The molecule has 0 fully saturated rings. The molecule has 4 rings (SSSR count). The fourth-order valence-electron chi connectivity index (χ4n) is 3.65. The molecule has 4 aromatic rings. The Hall–Kier alpha value is -3.60. The standard InChI is InChI=1S/C27H26FNO3/c1-2-4-21-17-22(27(30)19-5-8-23(28)9-6-19)7-12-26(21)32-16-3-15-31-24-10-11-25-20(18-24)13-14-29-25/h5-14,17-18,29H,2-4,15-16H2,1H3. The summed E-state index contributed by atoms with van der Waals surface area (Å²) < 4.78 is 25.0. The zero-order chi connectivity index (χ0) is 22.3. The van der Waals surface area contributed by atoms with Crippen LogP contribution in [0.1, 0.15) is 41.3 Å². The highest BCUT2D eigenvalue weighted by Crippen LogP contribution is 2.24. The van der Waals surface area contributed by atoms with Crippen molar-refractivity contribution in [2.75, 3.05) is 13.2 Å². The number of fused-ring (bicyclic) bond motifs is 1. The van der Waals surface area contributed by atoms with Crippen LogP contribution in [-0.4, -0.2) is 24.0 Å². The number of ether oxygens (including phenoxy) is 2. The van der Waals surface area contributed by atoms with Gasteiger partial charge in [-0.05, 0) is 78.7 Å². The molecule has 0 aliphatic carbocycles. The minimum Gasteiger partial charge on any atom is -0.493 e. The third kappa shape index (κ3) is 5.17. The van der Waals surface area contributed by atoms with Crippen LogP contribution in [0.15, 0.2) is 72.9 Å². The molecule has 1 N–H and O–H groups in total. The molecule has 0 aliphatic rings. The predicted molar refractivity (Wildman–Crippen MR) is 124 cm³/mol. The molecule has 1 heterocycles. The van der Waals surface area contributed by atoms with E-state index in [2.05, 4.69) is 11.9 Å². The second kappa shape index (κ2) is 10.1. The Balaban J connectivity index is 1.34. The maximum absolute atomic E-state index is 13.2. The molecular weight excluding hydrogens is 405 g/mol. The number of aromatic nitrogens is 1. The molecular formula is C27H26FNO3. The van der Waals surface area contributed by atoms with Crippen LogP contribution < -0.4 is 9.47 Å². The van der Waals surface area contributed by atoms with Gasteiger partial charge in [-0.2, -0.15) is 0 Å². The summed E-state index contributed by atoms with van der Waals surface area (Å²) in [4.78, 5) is 15.9. The zero-order valence-electron chi connectivity index (χ0n) is 18.1. The van der Waals surface area contributed by atoms with Crippen molar-refractivity contribution in [1.82, 2.24) is 4.98 Å². The normalized spacial score (nSPS) is 10.9. The number of H-pyrrole nitrogens is 1. The van der Waals surface area contributed by atoms with E-state index in [1.807, 2.05) is 42.6 Å². The van der Waals surface area contributed by atoms with E-state index in [9.17, 15) is 9.18 Å². The van der Waals surface area contributed by atoms with Gasteiger partial charge in [-0.15, -0.1) is 0 Å². The molecule has 0 amide bonds. The van der Waals surface area contributed by atoms with Crippen molar-refractivity contribution in [2.45, 2.75) is 26.2 Å². The minimum atomic E-state index is -0.356. The number of aromatic amines is 1. The average molecular weight is 432 g/mol. The van der Waals surface area contributed by atoms with Gasteiger partial charge in [0, 0.05) is 34.6 Å². The maximum Gasteiger partial charge on any atom is 0.193 e. The van der Waals surface area contributed by atoms with Gasteiger partial charge in [0.05, 0.1) is 13.2 Å². The van der Waals surface area contributed by atoms with Crippen molar-refractivity contribution in [2.24, 2.45) is 0 Å². The summed E-state index contributed by atoms with van der Waals surface area (Å²) >= 11 is 0. The lowest BCUT2D eigenvalue weighted by Crippen LogP contribution is -2.07. The number of carbonyl (C=O) groups excluding carboxylic acids is 1. The van der Waals surface area contributed by atoms with Crippen molar-refractivity contribution in [3.8, 4) is 11.5 Å². The van der Waals surface area contributed by atoms with Gasteiger partial charge >= 0.3 is 0 Å². The maximum atomic E-state index is 13.2. The number of carbonyl (C=O) groups is 1. The summed E-state index contributed by atoms with van der Waals surface area (Å²) in [6.45, 7) is 3.17. The van der Waals surface area contributed by atoms with Crippen LogP contribution in [0, 0.1) is 5.82 Å². The summed E-state index contributed by atoms with van der Waals surface area (Å²) in [6.07, 6.45) is 4.41. The first-order valence-electron chi connectivity index (χ1n) is 10.9. The molecule has 5 heteroatoms. The van der Waals surface area contributed by atoms with Crippen LogP contribution in [0.25, 0.3) is 10.9 Å². The molecule has 0 spiro atoms. The summed E-state index contributed by atoms with van der Waals surface area (Å²) in [5.41, 5.74) is 3.14. The molecule has 164 valence electrons. The SMILES string of the molecule is CCCc1cc(C(=O)c2ccc(F)cc2)ccc1OCCCOc1ccc2[nH]ccc2c1. The highest BCUT2D eigenvalue weighted by atomic mass is 19.1. The fourth-order valence-corrected chi connectivity index (χ4v) is 3.65. The van der Waals surface area contributed by atoms with Crippen LogP contribution in [0.5, 0.6) is 11.5 Å². The van der Waals surface area contributed by atoms with Gasteiger partial charge in [0.15, 0.2) is 5.78 Å². The lowest BCUT2D eigenvalue weighted by molar-refractivity contribution is 0.103. The van der Waals surface area contributed by atoms with Crippen LogP contribution in [-0.2, 0) is 6.42 Å². The van der Waals surface area contributed by atoms with Crippen molar-refractivity contribution in [3.63, 3.8) is 0 Å². The predicted octanol–water partition coefficient (Wildman–Crippen LogP) is 6.34. The Morgan fingerprint density at radius 2 is 1.69 bits per heavy atom. The van der Waals surface area contributed by atoms with Crippen molar-refractivity contribution in [1.29, 1.82) is 0 Å². The number of ketones is 1. The third-order valence-corrected chi connectivity index (χ3v) is 5.29. The zero-order valence-corrected chi connectivity index (χ0v) is 18.1. The minimum absolute atomic E-state index is 0.123. The number of hydrogen-bond donors (Lipinski definition) is 1. The molecule has 0 unspecified atom stereocenters. The Morgan fingerprint density at radius 1 is 0.906 bits per heavy atom. The molecule has 0 saturated heterocycles. The van der Waals surface area contributed by atoms with E-state index in [0.29, 0.717) is 24.3 Å². The molecule has 0 radical (unpaired) electrons. The fraction of sp³-hybridized carbons (Fsp3) is 0.222. The van der Waals surface area contributed by atoms with E-state index < -0.39 is 0 Å². The summed E-state index contributed by atoms with van der Waals surface area (Å²) in [6, 6.07) is 19.1. The molecule has 32 heavy (non-hydrogen) atoms. The van der Waals surface area contributed by atoms with Gasteiger partial charge in [0.1, 0.15) is 17.3 Å². The van der Waals surface area contributed by atoms with E-state index in [4.69, 9.17) is 9.47 Å². The largest absolute Gasteiger partial charge is 0.493 e. The molecule has 3 aromatic carbocycles. The number of benzene rings is 3. The first-order chi connectivity index (χ1) is 15.6. The van der Waals surface area contributed by atoms with Gasteiger partial charge < -0.3 is 14.5 Å². The van der Waals surface area contributed by atoms with Gasteiger partial charge in [-0.25, -0.2) is 4.39 Å². The van der Waals surface area contributed by atoms with Crippen molar-refractivity contribution in [3.05, 3.63) is 95.4 Å². The Labute approximate surface area is 187 Å². The Kier molecular flexibility index (Phi) is 6.85. The van der Waals surface area contributed by atoms with Crippen LogP contribution in [0.2, 0.25) is 0 Å². The lowest BCUT2D eigenvalue weighted by Gasteiger charge is -2.13. The van der Waals surface area contributed by atoms with Gasteiger partial charge in [-0.1, -0.05) is 13.3 Å². The lowest BCUT2D eigenvalue weighted by atomic mass is 9.99. The third-order valence-electron chi connectivity index (χ3n) is 5.29. The number of nitrogens with one attached hydrogen (secondary N) is 1. The second-order valence-electron chi connectivity index (χ2n) is 7.69. The number of halogens is 1. The number of rotatable bonds is 10. The second-order valence-corrected chi connectivity index (χ2v) is 7.69. The number of hydrogen-bond acceptors (Lipinski definition) is 3. The van der Waals surface area contributed by atoms with Gasteiger partial charge in [-0.3, -0.25) is 4.79 Å². The highest BCUT2D eigenvalue weighted by Gasteiger charge is 2.13. The molecule has 4 nitrogen and oxygen atoms in total. The topological polar surface area (TPSA) is 51.3 Å². The summed E-state index contributed by atoms with van der Waals surface area (Å²) in [7, 11) is 0. The van der Waals surface area contributed by atoms with Gasteiger partial charge in [0.2, 0.25) is 0 Å². The quantitative estimate of drug-likeness (QED) is 0.235. The van der Waals surface area contributed by atoms with Crippen LogP contribution in [0.4, 0.5) is 4.39 Å². The Morgan fingerprint density at radius 3 is 2.50 bits per heavy atom. The van der Waals surface area contributed by atoms with Crippen molar-refractivity contribution >= 4 is 16.7 Å². The highest BCUT2D eigenvalue weighted by molar-refractivity contribution is 6.09. The number of aryl methyl sites for hydroxylation is 1. The molecule has 0 atom stereocenters. The van der Waals surface area contributed by atoms with Gasteiger partial charge in [0.25, 0.3) is 0 Å². The van der Waals surface area contributed by atoms with E-state index in [0.717, 1.165) is 47.2 Å². The molecule has 0 saturated carbocycles. The van der Waals surface area contributed by atoms with E-state index in [1.165, 1.54) is 24.3 Å². The first kappa shape index (κ1) is 21.6. The molecule has 0 aliphatic heterocycles. The Bertz CT molecular complexity index is 1200. The van der Waals surface area contributed by atoms with E-state index in [-0.39, 0.29) is 11.6 Å². The molecule has 0 bridgehead atoms. The monoisotopic (exact) mass is 431 g/mol. The van der Waals surface area contributed by atoms with Crippen molar-refractivity contribution < 1.29 is 18.7 Å². The van der Waals surface area contributed by atoms with E-state index >= 15 is 0 Å². The van der Waals surface area contributed by atoms with Crippen LogP contribution >= 0.6 is 0 Å². The first-order valence-corrected chi connectivity index (χ1v) is 10.9.